The van der Waals surface area contributed by atoms with Crippen LogP contribution < -0.4 is 10.9 Å². The van der Waals surface area contributed by atoms with Crippen LogP contribution in [0.1, 0.15) is 24.5 Å². The van der Waals surface area contributed by atoms with Crippen molar-refractivity contribution in [2.75, 3.05) is 20.3 Å². The lowest BCUT2D eigenvalue weighted by atomic mass is 10.3. The molecule has 0 radical (unpaired) electrons. The lowest BCUT2D eigenvalue weighted by Crippen LogP contribution is -2.35. The second kappa shape index (κ2) is 5.77. The molecule has 0 spiro atoms. The Morgan fingerprint density at radius 3 is 3.00 bits per heavy atom. The first-order chi connectivity index (χ1) is 8.70. The number of nitrogens with one attached hydrogen (secondary N) is 1. The molecule has 18 heavy (non-hydrogen) atoms. The van der Waals surface area contributed by atoms with E-state index in [-0.39, 0.29) is 18.0 Å². The van der Waals surface area contributed by atoms with E-state index in [4.69, 9.17) is 4.74 Å². The number of hydrogen-bond donors (Lipinski definition) is 1. The molecule has 1 saturated carbocycles. The minimum absolute atomic E-state index is 0.0386. The zero-order valence-corrected chi connectivity index (χ0v) is 10.4. The summed E-state index contributed by atoms with van der Waals surface area (Å²) in [5.74, 6) is 0.239. The summed E-state index contributed by atoms with van der Waals surface area (Å²) in [4.78, 5) is 23.1. The zero-order valence-electron chi connectivity index (χ0n) is 10.4. The number of carbonyl (C=O) groups excluding carboxylic acids is 1. The van der Waals surface area contributed by atoms with Gasteiger partial charge in [0.2, 0.25) is 5.91 Å². The SMILES string of the molecule is COCCNC(=O)Cn1nc(C2CC2)ccc1=O. The minimum atomic E-state index is -0.249. The summed E-state index contributed by atoms with van der Waals surface area (Å²) in [6, 6.07) is 3.22. The largest absolute Gasteiger partial charge is 0.383 e. The van der Waals surface area contributed by atoms with Gasteiger partial charge in [0.25, 0.3) is 5.56 Å². The molecule has 2 rings (SSSR count). The maximum Gasteiger partial charge on any atom is 0.267 e. The van der Waals surface area contributed by atoms with Crippen molar-refractivity contribution in [2.45, 2.75) is 25.3 Å². The second-order valence-corrected chi connectivity index (χ2v) is 4.37. The van der Waals surface area contributed by atoms with Gasteiger partial charge in [-0.25, -0.2) is 4.68 Å². The molecular weight excluding hydrogens is 234 g/mol. The van der Waals surface area contributed by atoms with Crippen molar-refractivity contribution in [3.05, 3.63) is 28.2 Å². The molecule has 0 aromatic carbocycles. The average molecular weight is 251 g/mol. The molecule has 0 aliphatic heterocycles. The highest BCUT2D eigenvalue weighted by Gasteiger charge is 2.25. The Bertz CT molecular complexity index is 480. The number of methoxy groups -OCH3 is 1. The summed E-state index contributed by atoms with van der Waals surface area (Å²) in [5, 5.41) is 6.87. The average Bonchev–Trinajstić information content (AvgIpc) is 3.16. The first-order valence-corrected chi connectivity index (χ1v) is 6.04. The van der Waals surface area contributed by atoms with Crippen LogP contribution in [0.2, 0.25) is 0 Å². The van der Waals surface area contributed by atoms with Crippen LogP contribution in [0.4, 0.5) is 0 Å². The van der Waals surface area contributed by atoms with E-state index in [0.29, 0.717) is 19.1 Å². The smallest absolute Gasteiger partial charge is 0.267 e. The molecule has 6 nitrogen and oxygen atoms in total. The maximum atomic E-state index is 11.6. The van der Waals surface area contributed by atoms with Crippen LogP contribution in [0.3, 0.4) is 0 Å². The molecule has 6 heteroatoms. The van der Waals surface area contributed by atoms with Crippen molar-refractivity contribution in [1.29, 1.82) is 0 Å². The molecule has 1 aromatic rings. The summed E-state index contributed by atoms with van der Waals surface area (Å²) in [6.07, 6.45) is 2.23. The first kappa shape index (κ1) is 12.8. The molecule has 98 valence electrons. The third-order valence-corrected chi connectivity index (χ3v) is 2.80. The Hall–Kier alpha value is -1.69. The van der Waals surface area contributed by atoms with E-state index < -0.39 is 0 Å². The van der Waals surface area contributed by atoms with E-state index in [1.54, 1.807) is 13.2 Å². The fourth-order valence-corrected chi connectivity index (χ4v) is 1.66. The van der Waals surface area contributed by atoms with E-state index in [9.17, 15) is 9.59 Å². The predicted octanol–water partition coefficient (Wildman–Crippen LogP) is -0.117. The highest BCUT2D eigenvalue weighted by Crippen LogP contribution is 2.38. The molecule has 0 unspecified atom stereocenters. The fourth-order valence-electron chi connectivity index (χ4n) is 1.66. The van der Waals surface area contributed by atoms with Crippen molar-refractivity contribution in [2.24, 2.45) is 0 Å². The summed E-state index contributed by atoms with van der Waals surface area (Å²) in [5.41, 5.74) is 0.653. The van der Waals surface area contributed by atoms with Crippen molar-refractivity contribution in [1.82, 2.24) is 15.1 Å². The lowest BCUT2D eigenvalue weighted by Gasteiger charge is -2.07. The van der Waals surface area contributed by atoms with Crippen molar-refractivity contribution >= 4 is 5.91 Å². The highest BCUT2D eigenvalue weighted by atomic mass is 16.5. The monoisotopic (exact) mass is 251 g/mol. The molecule has 1 aliphatic carbocycles. The van der Waals surface area contributed by atoms with Gasteiger partial charge in [0, 0.05) is 25.6 Å². The predicted molar refractivity (Wildman–Crippen MR) is 65.4 cm³/mol. The first-order valence-electron chi connectivity index (χ1n) is 6.04. The highest BCUT2D eigenvalue weighted by molar-refractivity contribution is 5.75. The van der Waals surface area contributed by atoms with Gasteiger partial charge in [-0.05, 0) is 18.9 Å². The van der Waals surface area contributed by atoms with Crippen LogP contribution in [-0.2, 0) is 16.1 Å². The molecule has 0 saturated heterocycles. The number of carbonyl (C=O) groups is 1. The van der Waals surface area contributed by atoms with E-state index in [1.807, 2.05) is 0 Å². The summed E-state index contributed by atoms with van der Waals surface area (Å²) < 4.78 is 6.04. The zero-order chi connectivity index (χ0) is 13.0. The van der Waals surface area contributed by atoms with Crippen molar-refractivity contribution < 1.29 is 9.53 Å². The van der Waals surface area contributed by atoms with Crippen LogP contribution in [-0.4, -0.2) is 35.9 Å². The van der Waals surface area contributed by atoms with Crippen LogP contribution in [0, 0.1) is 0 Å². The van der Waals surface area contributed by atoms with Gasteiger partial charge in [0.15, 0.2) is 0 Å². The molecule has 0 bridgehead atoms. The quantitative estimate of drug-likeness (QED) is 0.716. The Kier molecular flexibility index (Phi) is 4.09. The van der Waals surface area contributed by atoms with E-state index >= 15 is 0 Å². The molecule has 1 N–H and O–H groups in total. The number of hydrogen-bond acceptors (Lipinski definition) is 4. The molecule has 0 atom stereocenters. The van der Waals surface area contributed by atoms with Crippen LogP contribution in [0.5, 0.6) is 0 Å². The molecule has 1 aliphatic rings. The molecular formula is C12H17N3O3. The van der Waals surface area contributed by atoms with Gasteiger partial charge in [0.1, 0.15) is 6.54 Å². The number of rotatable bonds is 6. The Morgan fingerprint density at radius 2 is 2.33 bits per heavy atom. The van der Waals surface area contributed by atoms with Crippen LogP contribution >= 0.6 is 0 Å². The standard InChI is InChI=1S/C12H17N3O3/c1-18-7-6-13-11(16)8-15-12(17)5-4-10(14-15)9-2-3-9/h4-5,9H,2-3,6-8H2,1H3,(H,13,16). The third-order valence-electron chi connectivity index (χ3n) is 2.80. The van der Waals surface area contributed by atoms with Crippen molar-refractivity contribution in [3.8, 4) is 0 Å². The van der Waals surface area contributed by atoms with E-state index in [0.717, 1.165) is 18.5 Å². The van der Waals surface area contributed by atoms with Gasteiger partial charge in [-0.1, -0.05) is 0 Å². The lowest BCUT2D eigenvalue weighted by molar-refractivity contribution is -0.122. The molecule has 1 aromatic heterocycles. The Labute approximate surface area is 105 Å². The Balaban J connectivity index is 1.97. The van der Waals surface area contributed by atoms with Gasteiger partial charge < -0.3 is 10.1 Å². The Morgan fingerprint density at radius 1 is 1.56 bits per heavy atom. The summed E-state index contributed by atoms with van der Waals surface area (Å²) in [7, 11) is 1.57. The minimum Gasteiger partial charge on any atom is -0.383 e. The number of amides is 1. The fraction of sp³-hybridized carbons (Fsp3) is 0.583. The number of nitrogens with zero attached hydrogens (tertiary/aromatic N) is 2. The van der Waals surface area contributed by atoms with Gasteiger partial charge in [0.05, 0.1) is 12.3 Å². The van der Waals surface area contributed by atoms with E-state index in [1.165, 1.54) is 10.7 Å². The van der Waals surface area contributed by atoms with Crippen LogP contribution in [0.15, 0.2) is 16.9 Å². The van der Waals surface area contributed by atoms with Crippen molar-refractivity contribution in [3.63, 3.8) is 0 Å². The molecule has 1 heterocycles. The van der Waals surface area contributed by atoms with Gasteiger partial charge in [-0.2, -0.15) is 5.10 Å². The number of ether oxygens (including phenoxy) is 1. The topological polar surface area (TPSA) is 73.2 Å². The second-order valence-electron chi connectivity index (χ2n) is 4.37. The normalized spacial score (nSPS) is 14.5. The van der Waals surface area contributed by atoms with Gasteiger partial charge in [-0.3, -0.25) is 9.59 Å². The third kappa shape index (κ3) is 3.40. The summed E-state index contributed by atoms with van der Waals surface area (Å²) in [6.45, 7) is 0.853. The summed E-state index contributed by atoms with van der Waals surface area (Å²) >= 11 is 0. The molecule has 1 amide bonds. The van der Waals surface area contributed by atoms with Gasteiger partial charge >= 0.3 is 0 Å². The molecule has 1 fully saturated rings. The van der Waals surface area contributed by atoms with E-state index in [2.05, 4.69) is 10.4 Å². The maximum absolute atomic E-state index is 11.6. The number of aromatic nitrogens is 2. The van der Waals surface area contributed by atoms with Crippen LogP contribution in [0.25, 0.3) is 0 Å². The van der Waals surface area contributed by atoms with Gasteiger partial charge in [-0.15, -0.1) is 0 Å².